The molecule has 0 saturated carbocycles. The Kier molecular flexibility index (Phi) is 18.0. The quantitative estimate of drug-likeness (QED) is 0.113. The minimum atomic E-state index is -1.41. The lowest BCUT2D eigenvalue weighted by molar-refractivity contribution is 0.426. The molecule has 2 N–H and O–H groups in total. The van der Waals surface area contributed by atoms with Crippen LogP contribution in [0.3, 0.4) is 0 Å². The highest BCUT2D eigenvalue weighted by Gasteiger charge is 2.15. The van der Waals surface area contributed by atoms with Crippen LogP contribution < -0.4 is 5.46 Å². The van der Waals surface area contributed by atoms with Gasteiger partial charge >= 0.3 is 7.12 Å². The molecule has 0 aliphatic heterocycles. The van der Waals surface area contributed by atoms with Crippen molar-refractivity contribution in [3.05, 3.63) is 321 Å². The summed E-state index contributed by atoms with van der Waals surface area (Å²) in [6.07, 6.45) is 7.17. The molecule has 10 nitrogen and oxygen atoms in total. The zero-order valence-electron chi connectivity index (χ0n) is 47.4. The fraction of sp³-hybridized carbons (Fsp3) is 0. The Labute approximate surface area is 516 Å². The molecule has 14 rings (SSSR count). The van der Waals surface area contributed by atoms with Crippen LogP contribution >= 0.6 is 11.6 Å². The summed E-state index contributed by atoms with van der Waals surface area (Å²) in [4.78, 5) is 37.0. The van der Waals surface area contributed by atoms with E-state index in [1.807, 2.05) is 194 Å². The van der Waals surface area contributed by atoms with Crippen LogP contribution in [0.15, 0.2) is 316 Å². The monoisotopic (exact) mass is 1160 g/mol. The van der Waals surface area contributed by atoms with E-state index in [-0.39, 0.29) is 0 Å². The van der Waals surface area contributed by atoms with E-state index in [4.69, 9.17) is 51.6 Å². The first-order chi connectivity index (χ1) is 43.3. The Hall–Kier alpha value is -11.2. The van der Waals surface area contributed by atoms with Crippen molar-refractivity contribution >= 4 is 24.2 Å². The molecule has 4 heterocycles. The highest BCUT2D eigenvalue weighted by Crippen LogP contribution is 2.32. The maximum absolute atomic E-state index is 8.93. The highest BCUT2D eigenvalue weighted by atomic mass is 35.5. The molecule has 14 aromatic rings. The number of pyridine rings is 2. The molecule has 0 radical (unpaired) electrons. The first kappa shape index (κ1) is 57.2. The van der Waals surface area contributed by atoms with Crippen LogP contribution in [0.1, 0.15) is 0 Å². The summed E-state index contributed by atoms with van der Waals surface area (Å²) in [7, 11) is -1.41. The third-order valence-corrected chi connectivity index (χ3v) is 14.7. The van der Waals surface area contributed by atoms with Gasteiger partial charge in [0.2, 0.25) is 0 Å². The van der Waals surface area contributed by atoms with E-state index in [0.717, 1.165) is 82.9 Å². The number of hydrogen-bond donors (Lipinski definition) is 2. The number of rotatable bonds is 12. The fourth-order valence-electron chi connectivity index (χ4n) is 9.77. The topological polar surface area (TPSA) is 144 Å². The van der Waals surface area contributed by atoms with Crippen LogP contribution in [-0.2, 0) is 0 Å². The van der Waals surface area contributed by atoms with E-state index in [2.05, 4.69) is 101 Å². The lowest BCUT2D eigenvalue weighted by Crippen LogP contribution is -2.29. The van der Waals surface area contributed by atoms with Crippen LogP contribution in [0.5, 0.6) is 0 Å². The van der Waals surface area contributed by atoms with E-state index < -0.39 is 7.12 Å². The first-order valence-electron chi connectivity index (χ1n) is 28.5. The lowest BCUT2D eigenvalue weighted by atomic mass is 9.80. The Morgan fingerprint density at radius 3 is 0.659 bits per heavy atom. The van der Waals surface area contributed by atoms with Crippen molar-refractivity contribution in [2.75, 3.05) is 0 Å². The van der Waals surface area contributed by atoms with E-state index in [1.54, 1.807) is 30.7 Å². The van der Waals surface area contributed by atoms with Gasteiger partial charge in [0.15, 0.2) is 34.9 Å². The third-order valence-electron chi connectivity index (χ3n) is 14.5. The summed E-state index contributed by atoms with van der Waals surface area (Å²) in [6, 6.07) is 96.7. The molecule has 420 valence electrons. The molecule has 0 fully saturated rings. The van der Waals surface area contributed by atoms with Crippen LogP contribution in [0, 0.1) is 0 Å². The second-order valence-electron chi connectivity index (χ2n) is 20.4. The normalized spacial score (nSPS) is 10.7. The zero-order chi connectivity index (χ0) is 59.9. The Morgan fingerprint density at radius 2 is 0.420 bits per heavy atom. The summed E-state index contributed by atoms with van der Waals surface area (Å²) in [5.41, 5.74) is 17.4. The molecule has 0 aliphatic carbocycles. The summed E-state index contributed by atoms with van der Waals surface area (Å²) in [6.45, 7) is 0. The molecular formula is C76H54BClN8O2. The van der Waals surface area contributed by atoms with Crippen LogP contribution in [0.4, 0.5) is 0 Å². The van der Waals surface area contributed by atoms with Crippen molar-refractivity contribution in [3.8, 4) is 124 Å². The van der Waals surface area contributed by atoms with Gasteiger partial charge in [-0.05, 0) is 85.4 Å². The zero-order valence-corrected chi connectivity index (χ0v) is 48.2. The van der Waals surface area contributed by atoms with E-state index in [1.165, 1.54) is 11.1 Å². The number of aromatic nitrogens is 8. The number of halogens is 1. The average Bonchev–Trinajstić information content (AvgIpc) is 3.79. The Bertz CT molecular complexity index is 4390. The lowest BCUT2D eigenvalue weighted by Gasteiger charge is -2.09. The summed E-state index contributed by atoms with van der Waals surface area (Å²) < 4.78 is 0. The molecule has 0 amide bonds. The van der Waals surface area contributed by atoms with Crippen molar-refractivity contribution in [2.45, 2.75) is 0 Å². The number of hydrogen-bond acceptors (Lipinski definition) is 10. The molecule has 4 aromatic heterocycles. The van der Waals surface area contributed by atoms with Gasteiger partial charge in [-0.15, -0.1) is 0 Å². The molecule has 10 aromatic carbocycles. The molecule has 0 unspecified atom stereocenters. The summed E-state index contributed by atoms with van der Waals surface area (Å²) >= 11 is 6.01. The maximum Gasteiger partial charge on any atom is 0.488 e. The second-order valence-corrected chi connectivity index (χ2v) is 20.8. The predicted octanol–water partition coefficient (Wildman–Crippen LogP) is 16.9. The molecule has 12 heteroatoms. The van der Waals surface area contributed by atoms with Crippen LogP contribution in [0.2, 0.25) is 5.02 Å². The molecule has 0 saturated heterocycles. The molecule has 0 aliphatic rings. The van der Waals surface area contributed by atoms with Crippen molar-refractivity contribution < 1.29 is 10.0 Å². The number of benzene rings is 10. The van der Waals surface area contributed by atoms with E-state index >= 15 is 0 Å². The number of nitrogens with zero attached hydrogens (tertiary/aromatic N) is 8. The first-order valence-corrected chi connectivity index (χ1v) is 28.9. The minimum absolute atomic E-state index is 0.489. The fourth-order valence-corrected chi connectivity index (χ4v) is 9.89. The standard InChI is InChI=1S/C38H26N4.C27H18ClN3.C11H10BNO2/c1-3-8-32(9-4-1)36-40-37(33-10-5-2-6-11-33)42-38(41-36)34-23-21-30(22-24-34)28-15-13-27(14-16-28)29-17-19-31(20-18-29)35-12-7-25-39-26-35;28-24-17-15-20(16-18-24)19-11-13-23(14-12-19)27-30-25(21-7-3-1-4-8-21)29-26(31-27)22-9-5-2-6-10-22;14-12(15)11-5-3-9(4-6-11)10-2-1-7-13-8-10/h1-26H;1-18H;1-8,14-15H. The van der Waals surface area contributed by atoms with Gasteiger partial charge in [-0.2, -0.15) is 0 Å². The van der Waals surface area contributed by atoms with Crippen molar-refractivity contribution in [1.82, 2.24) is 39.9 Å². The van der Waals surface area contributed by atoms with E-state index in [9.17, 15) is 0 Å². The van der Waals surface area contributed by atoms with Crippen molar-refractivity contribution in [2.24, 2.45) is 0 Å². The van der Waals surface area contributed by atoms with Crippen LogP contribution in [0.25, 0.3) is 124 Å². The Morgan fingerprint density at radius 1 is 0.216 bits per heavy atom. The van der Waals surface area contributed by atoms with Gasteiger partial charge in [0.25, 0.3) is 0 Å². The summed E-state index contributed by atoms with van der Waals surface area (Å²) in [5, 5.41) is 18.6. The van der Waals surface area contributed by atoms with Gasteiger partial charge < -0.3 is 10.0 Å². The largest absolute Gasteiger partial charge is 0.488 e. The highest BCUT2D eigenvalue weighted by molar-refractivity contribution is 6.58. The SMILES string of the molecule is Clc1ccc(-c2ccc(-c3nc(-c4ccccc4)nc(-c4ccccc4)n3)cc2)cc1.OB(O)c1ccc(-c2cccnc2)cc1.c1ccc(-c2nc(-c3ccccc3)nc(-c3ccc(-c4ccc(-c5ccc(-c6cccnc6)cc5)cc4)cc3)n2)cc1. The molecule has 88 heavy (non-hydrogen) atoms. The van der Waals surface area contributed by atoms with Gasteiger partial charge in [0, 0.05) is 63.2 Å². The molecule has 0 atom stereocenters. The van der Waals surface area contributed by atoms with Gasteiger partial charge in [-0.3, -0.25) is 9.97 Å². The smallest absolute Gasteiger partial charge is 0.423 e. The molecular weight excluding hydrogens is 1100 g/mol. The van der Waals surface area contributed by atoms with E-state index in [0.29, 0.717) is 40.4 Å². The Balaban J connectivity index is 0.000000143. The third kappa shape index (κ3) is 14.3. The van der Waals surface area contributed by atoms with Gasteiger partial charge in [-0.25, -0.2) is 29.9 Å². The van der Waals surface area contributed by atoms with Crippen molar-refractivity contribution in [3.63, 3.8) is 0 Å². The van der Waals surface area contributed by atoms with Crippen LogP contribution in [-0.4, -0.2) is 57.0 Å². The average molecular weight is 1160 g/mol. The van der Waals surface area contributed by atoms with Gasteiger partial charge in [0.05, 0.1) is 0 Å². The summed E-state index contributed by atoms with van der Waals surface area (Å²) in [5.74, 6) is 3.94. The van der Waals surface area contributed by atoms with Gasteiger partial charge in [0.1, 0.15) is 0 Å². The van der Waals surface area contributed by atoms with Crippen molar-refractivity contribution in [1.29, 1.82) is 0 Å². The molecule has 0 bridgehead atoms. The van der Waals surface area contributed by atoms with Gasteiger partial charge in [-0.1, -0.05) is 279 Å². The molecule has 0 spiro atoms. The minimum Gasteiger partial charge on any atom is -0.423 e. The second kappa shape index (κ2) is 27.7. The maximum atomic E-state index is 8.93. The predicted molar refractivity (Wildman–Crippen MR) is 356 cm³/mol.